The Morgan fingerprint density at radius 3 is 2.72 bits per heavy atom. The van der Waals surface area contributed by atoms with Crippen LogP contribution in [0.25, 0.3) is 0 Å². The van der Waals surface area contributed by atoms with E-state index >= 15 is 0 Å². The number of ketones is 1. The highest BCUT2D eigenvalue weighted by Gasteiger charge is 2.60. The minimum absolute atomic E-state index is 0.0447. The van der Waals surface area contributed by atoms with Crippen molar-refractivity contribution in [2.75, 3.05) is 0 Å². The molecule has 1 spiro atoms. The van der Waals surface area contributed by atoms with Gasteiger partial charge in [0.15, 0.2) is 11.9 Å². The smallest absolute Gasteiger partial charge is 0.159 e. The van der Waals surface area contributed by atoms with Crippen LogP contribution >= 0.6 is 0 Å². The van der Waals surface area contributed by atoms with Crippen molar-refractivity contribution in [3.8, 4) is 11.8 Å². The number of rotatable bonds is 2. The zero-order valence-corrected chi connectivity index (χ0v) is 14.2. The molecule has 1 aromatic carbocycles. The number of allylic oxidation sites excluding steroid dienone is 2. The molecule has 25 heavy (non-hydrogen) atoms. The maximum Gasteiger partial charge on any atom is 0.159 e. The molecule has 1 heterocycles. The van der Waals surface area contributed by atoms with E-state index in [0.717, 1.165) is 25.7 Å². The van der Waals surface area contributed by atoms with Crippen LogP contribution in [0, 0.1) is 11.3 Å². The molecular weight excluding hydrogens is 318 g/mol. The largest absolute Gasteiger partial charge is 0.487 e. The summed E-state index contributed by atoms with van der Waals surface area (Å²) in [6.07, 6.45) is 5.35. The number of ether oxygens (including phenoxy) is 2. The Hall–Kier alpha value is -2.32. The first kappa shape index (κ1) is 16.2. The van der Waals surface area contributed by atoms with Gasteiger partial charge in [0.25, 0.3) is 0 Å². The Kier molecular flexibility index (Phi) is 3.62. The zero-order chi connectivity index (χ0) is 17.7. The summed E-state index contributed by atoms with van der Waals surface area (Å²) in [5.74, 6) is 1.30. The highest BCUT2D eigenvalue weighted by atomic mass is 16.6. The summed E-state index contributed by atoms with van der Waals surface area (Å²) in [7, 11) is 0. The molecule has 2 unspecified atom stereocenters. The quantitative estimate of drug-likeness (QED) is 0.894. The van der Waals surface area contributed by atoms with E-state index in [2.05, 4.69) is 6.07 Å². The second kappa shape index (κ2) is 5.60. The molecule has 1 aliphatic heterocycles. The molecule has 1 N–H and O–H groups in total. The fourth-order valence-corrected chi connectivity index (χ4v) is 4.32. The van der Waals surface area contributed by atoms with Crippen LogP contribution in [0.1, 0.15) is 62.7 Å². The van der Waals surface area contributed by atoms with E-state index in [4.69, 9.17) is 9.47 Å². The number of hydrogen-bond donors (Lipinski definition) is 1. The molecule has 0 radical (unpaired) electrons. The monoisotopic (exact) mass is 339 g/mol. The van der Waals surface area contributed by atoms with Gasteiger partial charge in [-0.1, -0.05) is 0 Å². The topological polar surface area (TPSA) is 79.5 Å². The molecule has 4 rings (SSSR count). The third-order valence-corrected chi connectivity index (χ3v) is 5.78. The number of aliphatic hydroxyl groups is 1. The molecule has 5 nitrogen and oxygen atoms in total. The van der Waals surface area contributed by atoms with Gasteiger partial charge in [-0.15, -0.1) is 0 Å². The van der Waals surface area contributed by atoms with Crippen LogP contribution < -0.4 is 4.74 Å². The molecule has 0 aromatic heterocycles. The van der Waals surface area contributed by atoms with Crippen LogP contribution in [0.2, 0.25) is 0 Å². The zero-order valence-electron chi connectivity index (χ0n) is 14.2. The Balaban J connectivity index is 1.81. The number of nitrogens with zero attached hydrogens (tertiary/aromatic N) is 1. The van der Waals surface area contributed by atoms with Crippen LogP contribution in [0.4, 0.5) is 0 Å². The minimum Gasteiger partial charge on any atom is -0.487 e. The van der Waals surface area contributed by atoms with Crippen LogP contribution in [0.15, 0.2) is 30.0 Å². The molecular formula is C20H21NO4. The Labute approximate surface area is 146 Å². The second-order valence-electron chi connectivity index (χ2n) is 7.39. The van der Waals surface area contributed by atoms with E-state index in [1.165, 1.54) is 6.08 Å². The number of fused-ring (bicyclic) bond motifs is 1. The van der Waals surface area contributed by atoms with Crippen molar-refractivity contribution < 1.29 is 19.4 Å². The standard InChI is InChI=1S/C20H21NO4/c1-19(23)18(24-15-6-5-14(22)11-15)16-10-13(12-21)4-7-17(16)25-20(19)8-2-3-9-20/h4,7,10-11,18,23H,2-3,5-6,8-9H2,1H3. The van der Waals surface area contributed by atoms with E-state index in [1.54, 1.807) is 25.1 Å². The summed E-state index contributed by atoms with van der Waals surface area (Å²) in [5, 5.41) is 20.7. The molecule has 2 aliphatic carbocycles. The number of carbonyl (C=O) groups excluding carboxylic acids is 1. The van der Waals surface area contributed by atoms with E-state index < -0.39 is 17.3 Å². The summed E-state index contributed by atoms with van der Waals surface area (Å²) in [4.78, 5) is 11.6. The van der Waals surface area contributed by atoms with Gasteiger partial charge in [0.05, 0.1) is 11.6 Å². The van der Waals surface area contributed by atoms with Gasteiger partial charge in [-0.2, -0.15) is 5.26 Å². The van der Waals surface area contributed by atoms with Gasteiger partial charge < -0.3 is 14.6 Å². The van der Waals surface area contributed by atoms with Gasteiger partial charge in [-0.3, -0.25) is 4.79 Å². The van der Waals surface area contributed by atoms with Crippen molar-refractivity contribution in [2.24, 2.45) is 0 Å². The molecule has 1 aromatic rings. The average molecular weight is 339 g/mol. The van der Waals surface area contributed by atoms with Gasteiger partial charge >= 0.3 is 0 Å². The van der Waals surface area contributed by atoms with Crippen molar-refractivity contribution >= 4 is 5.78 Å². The fourth-order valence-electron chi connectivity index (χ4n) is 4.32. The molecule has 1 saturated carbocycles. The molecule has 0 amide bonds. The van der Waals surface area contributed by atoms with Crippen molar-refractivity contribution in [3.63, 3.8) is 0 Å². The third-order valence-electron chi connectivity index (χ3n) is 5.78. The lowest BCUT2D eigenvalue weighted by Gasteiger charge is -2.51. The number of nitriles is 1. The maximum absolute atomic E-state index is 11.6. The highest BCUT2D eigenvalue weighted by molar-refractivity contribution is 5.92. The number of hydrogen-bond acceptors (Lipinski definition) is 5. The van der Waals surface area contributed by atoms with Crippen LogP contribution in [0.3, 0.4) is 0 Å². The molecule has 0 bridgehead atoms. The Bertz CT molecular complexity index is 796. The average Bonchev–Trinajstić information content (AvgIpc) is 3.22. The fraction of sp³-hybridized carbons (Fsp3) is 0.500. The van der Waals surface area contributed by atoms with Gasteiger partial charge in [0.2, 0.25) is 0 Å². The van der Waals surface area contributed by atoms with E-state index in [9.17, 15) is 15.2 Å². The second-order valence-corrected chi connectivity index (χ2v) is 7.39. The maximum atomic E-state index is 11.6. The lowest BCUT2D eigenvalue weighted by Crippen LogP contribution is -2.60. The minimum atomic E-state index is -1.25. The molecule has 0 saturated heterocycles. The predicted octanol–water partition coefficient (Wildman–Crippen LogP) is 3.32. The lowest BCUT2D eigenvalue weighted by molar-refractivity contribution is -0.200. The first-order valence-corrected chi connectivity index (χ1v) is 8.81. The van der Waals surface area contributed by atoms with Gasteiger partial charge in [-0.25, -0.2) is 0 Å². The molecule has 1 fully saturated rings. The molecule has 3 aliphatic rings. The SMILES string of the molecule is CC1(O)C(OC2=CC(=O)CC2)c2cc(C#N)ccc2OC12CCCC2. The molecule has 130 valence electrons. The Morgan fingerprint density at radius 2 is 2.08 bits per heavy atom. The summed E-state index contributed by atoms with van der Waals surface area (Å²) < 4.78 is 12.4. The van der Waals surface area contributed by atoms with Crippen molar-refractivity contribution in [2.45, 2.75) is 62.8 Å². The van der Waals surface area contributed by atoms with Crippen molar-refractivity contribution in [1.29, 1.82) is 5.26 Å². The number of benzene rings is 1. The summed E-state index contributed by atoms with van der Waals surface area (Å²) in [6, 6.07) is 7.35. The van der Waals surface area contributed by atoms with E-state index in [1.807, 2.05) is 0 Å². The van der Waals surface area contributed by atoms with Crippen molar-refractivity contribution in [3.05, 3.63) is 41.2 Å². The molecule has 5 heteroatoms. The summed E-state index contributed by atoms with van der Waals surface area (Å²) in [5.41, 5.74) is -0.786. The van der Waals surface area contributed by atoms with Crippen LogP contribution in [0.5, 0.6) is 5.75 Å². The van der Waals surface area contributed by atoms with E-state index in [0.29, 0.717) is 35.5 Å². The van der Waals surface area contributed by atoms with Gasteiger partial charge in [-0.05, 0) is 50.8 Å². The third kappa shape index (κ3) is 2.44. The summed E-state index contributed by atoms with van der Waals surface area (Å²) in [6.45, 7) is 1.75. The first-order chi connectivity index (χ1) is 11.9. The van der Waals surface area contributed by atoms with Crippen LogP contribution in [-0.2, 0) is 9.53 Å². The first-order valence-electron chi connectivity index (χ1n) is 8.81. The summed E-state index contributed by atoms with van der Waals surface area (Å²) >= 11 is 0. The Morgan fingerprint density at radius 1 is 1.32 bits per heavy atom. The highest BCUT2D eigenvalue weighted by Crippen LogP contribution is 2.55. The predicted molar refractivity (Wildman–Crippen MR) is 89.8 cm³/mol. The van der Waals surface area contributed by atoms with Gasteiger partial charge in [0, 0.05) is 24.5 Å². The normalized spacial score (nSPS) is 29.7. The van der Waals surface area contributed by atoms with Gasteiger partial charge in [0.1, 0.15) is 22.7 Å². The van der Waals surface area contributed by atoms with Crippen molar-refractivity contribution in [1.82, 2.24) is 0 Å². The lowest BCUT2D eigenvalue weighted by atomic mass is 9.73. The number of carbonyl (C=O) groups is 1. The van der Waals surface area contributed by atoms with E-state index in [-0.39, 0.29) is 5.78 Å². The van der Waals surface area contributed by atoms with Crippen LogP contribution in [-0.4, -0.2) is 22.1 Å². The molecule has 2 atom stereocenters.